The minimum atomic E-state index is -0.722. The van der Waals surface area contributed by atoms with Crippen molar-refractivity contribution < 1.29 is 33.4 Å². The highest BCUT2D eigenvalue weighted by atomic mass is 16.5. The van der Waals surface area contributed by atoms with Crippen molar-refractivity contribution in [3.63, 3.8) is 0 Å². The van der Waals surface area contributed by atoms with Crippen LogP contribution in [0, 0.1) is 23.7 Å². The van der Waals surface area contributed by atoms with Crippen molar-refractivity contribution in [2.24, 2.45) is 23.7 Å². The molecule has 2 aromatic carbocycles. The number of nitrogens with one attached hydrogen (secondary N) is 1. The van der Waals surface area contributed by atoms with E-state index in [1.54, 1.807) is 12.1 Å². The normalized spacial score (nSPS) is 20.3. The van der Waals surface area contributed by atoms with E-state index in [-0.39, 0.29) is 41.0 Å². The molecule has 3 amide bonds. The minimum Gasteiger partial charge on any atom is -0.462 e. The smallest absolute Gasteiger partial charge is 0.338 e. The molecule has 4 rings (SSSR count). The van der Waals surface area contributed by atoms with Crippen molar-refractivity contribution in [2.45, 2.75) is 27.2 Å². The van der Waals surface area contributed by atoms with Crippen LogP contribution >= 0.6 is 0 Å². The van der Waals surface area contributed by atoms with Crippen LogP contribution in [0.1, 0.15) is 47.9 Å². The van der Waals surface area contributed by atoms with Gasteiger partial charge in [-0.05, 0) is 66.8 Å². The maximum absolute atomic E-state index is 12.9. The average Bonchev–Trinajstić information content (AvgIpc) is 3.16. The van der Waals surface area contributed by atoms with Crippen LogP contribution in [0.2, 0.25) is 0 Å². The Hall–Kier alpha value is -4.27. The van der Waals surface area contributed by atoms with E-state index in [1.807, 2.05) is 32.9 Å². The number of anilines is 2. The molecular weight excluding hydrogens is 488 g/mol. The van der Waals surface area contributed by atoms with E-state index in [0.29, 0.717) is 30.0 Å². The van der Waals surface area contributed by atoms with Crippen molar-refractivity contribution in [1.82, 2.24) is 0 Å². The highest BCUT2D eigenvalue weighted by molar-refractivity contribution is 6.22. The molecule has 1 aliphatic heterocycles. The maximum atomic E-state index is 12.9. The number of hydrogen-bond donors (Lipinski definition) is 1. The van der Waals surface area contributed by atoms with Crippen molar-refractivity contribution in [1.29, 1.82) is 0 Å². The van der Waals surface area contributed by atoms with Crippen LogP contribution in [0.5, 0.6) is 0 Å². The Labute approximate surface area is 220 Å². The summed E-state index contributed by atoms with van der Waals surface area (Å²) in [7, 11) is 0. The first kappa shape index (κ1) is 26.8. The van der Waals surface area contributed by atoms with Gasteiger partial charge in [0.05, 0.1) is 35.3 Å². The molecule has 0 radical (unpaired) electrons. The van der Waals surface area contributed by atoms with Gasteiger partial charge in [-0.25, -0.2) is 9.59 Å². The molecule has 198 valence electrons. The van der Waals surface area contributed by atoms with E-state index in [9.17, 15) is 24.0 Å². The Balaban J connectivity index is 1.29. The van der Waals surface area contributed by atoms with Gasteiger partial charge in [-0.2, -0.15) is 0 Å². The van der Waals surface area contributed by atoms with E-state index in [0.717, 1.165) is 0 Å². The molecule has 0 bridgehead atoms. The largest absolute Gasteiger partial charge is 0.462 e. The van der Waals surface area contributed by atoms with Crippen molar-refractivity contribution >= 4 is 41.0 Å². The Kier molecular flexibility index (Phi) is 8.05. The standard InChI is InChI=1S/C29H30N2O7/c1-17(2)15-37-28(35)19-7-11-21(12-8-19)30-24(32)16-38-29(36)20-9-13-22(14-10-20)31-26(33)23-6-4-5-18(3)25(23)27(31)34/h4-5,7-14,17-18,23,25H,6,15-16H2,1-3H3,(H,30,32)/t18-,23+,25-/m0/s1. The van der Waals surface area contributed by atoms with Gasteiger partial charge >= 0.3 is 11.9 Å². The molecule has 0 saturated carbocycles. The highest BCUT2D eigenvalue weighted by Gasteiger charge is 2.50. The Morgan fingerprint density at radius 1 is 0.921 bits per heavy atom. The number of imide groups is 1. The van der Waals surface area contributed by atoms with Gasteiger partial charge in [-0.15, -0.1) is 0 Å². The first-order valence-corrected chi connectivity index (χ1v) is 12.5. The lowest BCUT2D eigenvalue weighted by atomic mass is 9.78. The molecule has 1 heterocycles. The molecule has 1 aliphatic carbocycles. The maximum Gasteiger partial charge on any atom is 0.338 e. The molecule has 9 heteroatoms. The number of ether oxygens (including phenoxy) is 2. The quantitative estimate of drug-likeness (QED) is 0.319. The lowest BCUT2D eigenvalue weighted by Gasteiger charge is -2.22. The topological polar surface area (TPSA) is 119 Å². The number of carbonyl (C=O) groups is 5. The fourth-order valence-corrected chi connectivity index (χ4v) is 4.58. The molecule has 0 aromatic heterocycles. The summed E-state index contributed by atoms with van der Waals surface area (Å²) in [6, 6.07) is 12.1. The fraction of sp³-hybridized carbons (Fsp3) is 0.345. The van der Waals surface area contributed by atoms with E-state index < -0.39 is 24.5 Å². The molecule has 38 heavy (non-hydrogen) atoms. The second-order valence-electron chi connectivity index (χ2n) is 9.91. The Morgan fingerprint density at radius 2 is 1.53 bits per heavy atom. The van der Waals surface area contributed by atoms with Gasteiger partial charge in [-0.1, -0.05) is 32.9 Å². The fourth-order valence-electron chi connectivity index (χ4n) is 4.58. The molecule has 2 aromatic rings. The number of amides is 3. The molecule has 0 spiro atoms. The number of nitrogens with zero attached hydrogens (tertiary/aromatic N) is 1. The number of rotatable bonds is 8. The number of benzene rings is 2. The van der Waals surface area contributed by atoms with Gasteiger partial charge in [0.2, 0.25) is 11.8 Å². The number of allylic oxidation sites excluding steroid dienone is 2. The second-order valence-corrected chi connectivity index (χ2v) is 9.91. The van der Waals surface area contributed by atoms with Gasteiger partial charge in [0.25, 0.3) is 5.91 Å². The zero-order valence-electron chi connectivity index (χ0n) is 21.5. The van der Waals surface area contributed by atoms with Crippen LogP contribution in [0.25, 0.3) is 0 Å². The van der Waals surface area contributed by atoms with Crippen LogP contribution in [0.4, 0.5) is 11.4 Å². The van der Waals surface area contributed by atoms with Crippen LogP contribution in [0.15, 0.2) is 60.7 Å². The summed E-state index contributed by atoms with van der Waals surface area (Å²) in [6.45, 7) is 5.61. The summed E-state index contributed by atoms with van der Waals surface area (Å²) in [4.78, 5) is 63.6. The third-order valence-corrected chi connectivity index (χ3v) is 6.52. The van der Waals surface area contributed by atoms with Crippen molar-refractivity contribution in [2.75, 3.05) is 23.4 Å². The monoisotopic (exact) mass is 518 g/mol. The first-order chi connectivity index (χ1) is 18.2. The third-order valence-electron chi connectivity index (χ3n) is 6.52. The highest BCUT2D eigenvalue weighted by Crippen LogP contribution is 2.40. The summed E-state index contributed by atoms with van der Waals surface area (Å²) in [5.74, 6) is -2.70. The van der Waals surface area contributed by atoms with Crippen LogP contribution in [-0.2, 0) is 23.9 Å². The third kappa shape index (κ3) is 5.82. The van der Waals surface area contributed by atoms with Crippen LogP contribution < -0.4 is 10.2 Å². The molecule has 1 N–H and O–H groups in total. The Bertz CT molecular complexity index is 1260. The van der Waals surface area contributed by atoms with Gasteiger partial charge in [0.15, 0.2) is 6.61 Å². The Morgan fingerprint density at radius 3 is 2.13 bits per heavy atom. The number of carbonyl (C=O) groups excluding carboxylic acids is 5. The SMILES string of the molecule is CC(C)COC(=O)c1ccc(NC(=O)COC(=O)c2ccc(N3C(=O)[C@H]4[C@@H](C)C=CC[C@H]4C3=O)cc2)cc1. The average molecular weight is 519 g/mol. The minimum absolute atomic E-state index is 0.0141. The van der Waals surface area contributed by atoms with Gasteiger partial charge < -0.3 is 14.8 Å². The molecule has 1 fully saturated rings. The van der Waals surface area contributed by atoms with Crippen molar-refractivity contribution in [3.8, 4) is 0 Å². The molecule has 3 atom stereocenters. The molecule has 1 saturated heterocycles. The summed E-state index contributed by atoms with van der Waals surface area (Å²) >= 11 is 0. The molecule has 0 unspecified atom stereocenters. The molecule has 2 aliphatic rings. The summed E-state index contributed by atoms with van der Waals surface area (Å²) < 4.78 is 10.3. The van der Waals surface area contributed by atoms with Gasteiger partial charge in [0.1, 0.15) is 0 Å². The first-order valence-electron chi connectivity index (χ1n) is 12.5. The van der Waals surface area contributed by atoms with E-state index in [4.69, 9.17) is 9.47 Å². The zero-order valence-corrected chi connectivity index (χ0v) is 21.5. The predicted molar refractivity (Wildman–Crippen MR) is 139 cm³/mol. The predicted octanol–water partition coefficient (Wildman–Crippen LogP) is 4.00. The summed E-state index contributed by atoms with van der Waals surface area (Å²) in [5, 5.41) is 2.59. The zero-order chi connectivity index (χ0) is 27.4. The number of fused-ring (bicyclic) bond motifs is 1. The van der Waals surface area contributed by atoms with E-state index >= 15 is 0 Å². The van der Waals surface area contributed by atoms with Crippen LogP contribution in [0.3, 0.4) is 0 Å². The summed E-state index contributed by atoms with van der Waals surface area (Å²) in [5.41, 5.74) is 1.37. The van der Waals surface area contributed by atoms with Crippen LogP contribution in [-0.4, -0.2) is 42.9 Å². The van der Waals surface area contributed by atoms with E-state index in [1.165, 1.54) is 41.3 Å². The number of hydrogen-bond acceptors (Lipinski definition) is 7. The lowest BCUT2D eigenvalue weighted by Crippen LogP contribution is -2.31. The number of esters is 2. The lowest BCUT2D eigenvalue weighted by molar-refractivity contribution is -0.123. The second kappa shape index (κ2) is 11.4. The van der Waals surface area contributed by atoms with Gasteiger partial charge in [-0.3, -0.25) is 19.3 Å². The van der Waals surface area contributed by atoms with E-state index in [2.05, 4.69) is 5.32 Å². The van der Waals surface area contributed by atoms with Crippen molar-refractivity contribution in [3.05, 3.63) is 71.8 Å². The molecular formula is C29H30N2O7. The molecule has 9 nitrogen and oxygen atoms in total. The summed E-state index contributed by atoms with van der Waals surface area (Å²) in [6.07, 6.45) is 4.44. The van der Waals surface area contributed by atoms with Gasteiger partial charge in [0, 0.05) is 5.69 Å².